The highest BCUT2D eigenvalue weighted by Crippen LogP contribution is 2.15. The molecule has 1 atom stereocenters. The first-order valence-electron chi connectivity index (χ1n) is 6.69. The molecule has 110 valence electrons. The van der Waals surface area contributed by atoms with E-state index in [0.29, 0.717) is 12.2 Å². The summed E-state index contributed by atoms with van der Waals surface area (Å²) in [5, 5.41) is 0. The highest BCUT2D eigenvalue weighted by Gasteiger charge is 2.20. The fourth-order valence-electron chi connectivity index (χ4n) is 2.00. The molecule has 0 saturated heterocycles. The van der Waals surface area contributed by atoms with E-state index >= 15 is 0 Å². The molecule has 0 spiro atoms. The second-order valence-electron chi connectivity index (χ2n) is 4.67. The van der Waals surface area contributed by atoms with E-state index in [0.717, 1.165) is 5.56 Å². The van der Waals surface area contributed by atoms with E-state index in [1.165, 1.54) is 31.4 Å². The van der Waals surface area contributed by atoms with Gasteiger partial charge in [-0.3, -0.25) is 4.79 Å². The number of ether oxygens (including phenoxy) is 2. The third kappa shape index (κ3) is 4.60. The fraction of sp³-hybridized carbons (Fsp3) is 0.235. The molecule has 2 rings (SSSR count). The van der Waals surface area contributed by atoms with E-state index in [-0.39, 0.29) is 18.4 Å². The topological polar surface area (TPSA) is 35.5 Å². The van der Waals surface area contributed by atoms with Crippen LogP contribution in [0.4, 0.5) is 4.39 Å². The van der Waals surface area contributed by atoms with Crippen molar-refractivity contribution in [2.75, 3.05) is 13.7 Å². The normalized spacial score (nSPS) is 11.7. The van der Waals surface area contributed by atoms with Gasteiger partial charge in [0.05, 0.1) is 13.0 Å². The molecular weight excluding hydrogens is 271 g/mol. The Morgan fingerprint density at radius 1 is 1.10 bits per heavy atom. The molecule has 2 aromatic carbocycles. The first kappa shape index (κ1) is 15.0. The summed E-state index contributed by atoms with van der Waals surface area (Å²) in [7, 11) is 1.36. The van der Waals surface area contributed by atoms with Crippen LogP contribution in [0.1, 0.15) is 5.56 Å². The smallest absolute Gasteiger partial charge is 0.312 e. The lowest BCUT2D eigenvalue weighted by molar-refractivity contribution is -0.146. The average Bonchev–Trinajstić information content (AvgIpc) is 2.53. The highest BCUT2D eigenvalue weighted by atomic mass is 19.1. The second kappa shape index (κ2) is 7.43. The van der Waals surface area contributed by atoms with Gasteiger partial charge < -0.3 is 9.47 Å². The molecule has 2 aromatic rings. The third-order valence-electron chi connectivity index (χ3n) is 3.12. The van der Waals surface area contributed by atoms with Gasteiger partial charge in [-0.05, 0) is 36.2 Å². The minimum Gasteiger partial charge on any atom is -0.493 e. The Balaban J connectivity index is 1.99. The number of carbonyl (C=O) groups excluding carboxylic acids is 1. The van der Waals surface area contributed by atoms with Crippen LogP contribution in [0.3, 0.4) is 0 Å². The number of benzene rings is 2. The minimum absolute atomic E-state index is 0.188. The quantitative estimate of drug-likeness (QED) is 0.766. The van der Waals surface area contributed by atoms with Crippen LogP contribution in [0, 0.1) is 11.7 Å². The van der Waals surface area contributed by atoms with Crippen molar-refractivity contribution < 1.29 is 18.7 Å². The first-order chi connectivity index (χ1) is 10.2. The predicted octanol–water partition coefficient (Wildman–Crippen LogP) is 3.24. The lowest BCUT2D eigenvalue weighted by atomic mass is 10.0. The third-order valence-corrected chi connectivity index (χ3v) is 3.12. The summed E-state index contributed by atoms with van der Waals surface area (Å²) in [6.07, 6.45) is 0.536. The van der Waals surface area contributed by atoms with Crippen LogP contribution in [0.15, 0.2) is 54.6 Å². The van der Waals surface area contributed by atoms with Crippen molar-refractivity contribution in [2.45, 2.75) is 6.42 Å². The van der Waals surface area contributed by atoms with Gasteiger partial charge in [-0.1, -0.05) is 30.3 Å². The van der Waals surface area contributed by atoms with Crippen molar-refractivity contribution >= 4 is 5.97 Å². The second-order valence-corrected chi connectivity index (χ2v) is 4.67. The molecule has 0 bridgehead atoms. The maximum Gasteiger partial charge on any atom is 0.312 e. The molecule has 0 aliphatic heterocycles. The van der Waals surface area contributed by atoms with E-state index in [1.807, 2.05) is 30.3 Å². The zero-order chi connectivity index (χ0) is 15.1. The number of methoxy groups -OCH3 is 1. The molecule has 0 aliphatic carbocycles. The largest absolute Gasteiger partial charge is 0.493 e. The van der Waals surface area contributed by atoms with Crippen molar-refractivity contribution in [1.82, 2.24) is 0 Å². The molecule has 0 N–H and O–H groups in total. The number of halogens is 1. The van der Waals surface area contributed by atoms with Gasteiger partial charge in [0.25, 0.3) is 0 Å². The summed E-state index contributed by atoms with van der Waals surface area (Å²) in [6.45, 7) is 0.188. The molecule has 0 aliphatic rings. The van der Waals surface area contributed by atoms with E-state index in [9.17, 15) is 9.18 Å². The number of hydrogen-bond acceptors (Lipinski definition) is 3. The SMILES string of the molecule is COC(=O)C(COc1ccc(F)cc1)Cc1ccccc1. The van der Waals surface area contributed by atoms with E-state index < -0.39 is 5.92 Å². The van der Waals surface area contributed by atoms with E-state index in [2.05, 4.69) is 0 Å². The zero-order valence-electron chi connectivity index (χ0n) is 11.8. The van der Waals surface area contributed by atoms with Gasteiger partial charge >= 0.3 is 5.97 Å². The summed E-state index contributed by atoms with van der Waals surface area (Å²) in [6, 6.07) is 15.4. The van der Waals surface area contributed by atoms with Gasteiger partial charge in [-0.15, -0.1) is 0 Å². The lowest BCUT2D eigenvalue weighted by Gasteiger charge is -2.15. The van der Waals surface area contributed by atoms with Gasteiger partial charge in [0.15, 0.2) is 0 Å². The van der Waals surface area contributed by atoms with Crippen LogP contribution >= 0.6 is 0 Å². The maximum absolute atomic E-state index is 12.8. The van der Waals surface area contributed by atoms with Gasteiger partial charge in [0.2, 0.25) is 0 Å². The summed E-state index contributed by atoms with van der Waals surface area (Å²) in [5.41, 5.74) is 1.04. The lowest BCUT2D eigenvalue weighted by Crippen LogP contribution is -2.25. The Bertz CT molecular complexity index is 566. The first-order valence-corrected chi connectivity index (χ1v) is 6.69. The van der Waals surface area contributed by atoms with Gasteiger partial charge in [0.1, 0.15) is 18.2 Å². The zero-order valence-corrected chi connectivity index (χ0v) is 11.8. The van der Waals surface area contributed by atoms with E-state index in [4.69, 9.17) is 9.47 Å². The maximum atomic E-state index is 12.8. The fourth-order valence-corrected chi connectivity index (χ4v) is 2.00. The monoisotopic (exact) mass is 288 g/mol. The number of rotatable bonds is 6. The molecule has 0 aromatic heterocycles. The molecule has 21 heavy (non-hydrogen) atoms. The molecule has 0 saturated carbocycles. The van der Waals surface area contributed by atoms with Crippen molar-refractivity contribution in [1.29, 1.82) is 0 Å². The van der Waals surface area contributed by atoms with Crippen molar-refractivity contribution in [3.05, 3.63) is 66.0 Å². The van der Waals surface area contributed by atoms with Gasteiger partial charge in [-0.25, -0.2) is 4.39 Å². The molecule has 1 unspecified atom stereocenters. The van der Waals surface area contributed by atoms with Gasteiger partial charge in [-0.2, -0.15) is 0 Å². The Kier molecular flexibility index (Phi) is 5.32. The van der Waals surface area contributed by atoms with Crippen LogP contribution in [-0.4, -0.2) is 19.7 Å². The summed E-state index contributed by atoms with van der Waals surface area (Å²) < 4.78 is 23.2. The summed E-state index contributed by atoms with van der Waals surface area (Å²) in [5.74, 6) is -0.516. The van der Waals surface area contributed by atoms with Crippen LogP contribution in [0.25, 0.3) is 0 Å². The Morgan fingerprint density at radius 3 is 2.38 bits per heavy atom. The summed E-state index contributed by atoms with van der Waals surface area (Å²) in [4.78, 5) is 11.8. The average molecular weight is 288 g/mol. The van der Waals surface area contributed by atoms with E-state index in [1.54, 1.807) is 0 Å². The minimum atomic E-state index is -0.401. The predicted molar refractivity (Wildman–Crippen MR) is 77.5 cm³/mol. The molecule has 0 radical (unpaired) electrons. The van der Waals surface area contributed by atoms with Crippen LogP contribution in [0.5, 0.6) is 5.75 Å². The molecule has 0 amide bonds. The number of esters is 1. The van der Waals surface area contributed by atoms with Crippen LogP contribution < -0.4 is 4.74 Å². The molecule has 0 heterocycles. The van der Waals surface area contributed by atoms with Crippen molar-refractivity contribution in [3.8, 4) is 5.75 Å². The summed E-state index contributed by atoms with van der Waals surface area (Å²) >= 11 is 0. The Hall–Kier alpha value is -2.36. The number of hydrogen-bond donors (Lipinski definition) is 0. The molecular formula is C17H17FO3. The van der Waals surface area contributed by atoms with Crippen molar-refractivity contribution in [3.63, 3.8) is 0 Å². The van der Waals surface area contributed by atoms with Gasteiger partial charge in [0, 0.05) is 0 Å². The Labute approximate surface area is 123 Å². The standard InChI is InChI=1S/C17H17FO3/c1-20-17(19)14(11-13-5-3-2-4-6-13)12-21-16-9-7-15(18)8-10-16/h2-10,14H,11-12H2,1H3. The molecule has 4 heteroatoms. The Morgan fingerprint density at radius 2 is 1.76 bits per heavy atom. The highest BCUT2D eigenvalue weighted by molar-refractivity contribution is 5.72. The molecule has 0 fully saturated rings. The number of carbonyl (C=O) groups is 1. The molecule has 3 nitrogen and oxygen atoms in total. The van der Waals surface area contributed by atoms with Crippen LogP contribution in [0.2, 0.25) is 0 Å². The van der Waals surface area contributed by atoms with Crippen LogP contribution in [-0.2, 0) is 16.0 Å². The van der Waals surface area contributed by atoms with Crippen molar-refractivity contribution in [2.24, 2.45) is 5.92 Å².